The number of nitrogens with zero attached hydrogens (tertiary/aromatic N) is 1. The molecule has 1 aromatic carbocycles. The lowest BCUT2D eigenvalue weighted by atomic mass is 10.0. The summed E-state index contributed by atoms with van der Waals surface area (Å²) >= 11 is 3.47. The fraction of sp³-hybridized carbons (Fsp3) is 0.400. The Balaban J connectivity index is 2.16. The highest BCUT2D eigenvalue weighted by Crippen LogP contribution is 2.31. The number of hydrogen-bond acceptors (Lipinski definition) is 5. The first-order valence-corrected chi connectivity index (χ1v) is 8.51. The van der Waals surface area contributed by atoms with Gasteiger partial charge in [0.05, 0.1) is 7.11 Å². The van der Waals surface area contributed by atoms with Gasteiger partial charge in [-0.05, 0) is 19.5 Å². The van der Waals surface area contributed by atoms with Crippen LogP contribution in [0.5, 0.6) is 5.75 Å². The molecule has 0 saturated heterocycles. The fourth-order valence-electron chi connectivity index (χ4n) is 2.07. The van der Waals surface area contributed by atoms with Crippen molar-refractivity contribution in [3.63, 3.8) is 0 Å². The third kappa shape index (κ3) is 3.98. The van der Waals surface area contributed by atoms with E-state index >= 15 is 0 Å². The minimum absolute atomic E-state index is 0.267. The molecule has 2 rings (SSSR count). The standard InChI is InChI=1S/C15H20N2OS2/c1-4-16-13(10-20-15-17-7-8-19-15)12-9-11(2)5-6-14(12)18-3/h5-9,13,16H,4,10H2,1-3H3. The Morgan fingerprint density at radius 2 is 2.30 bits per heavy atom. The number of aryl methyl sites for hydroxylation is 1. The van der Waals surface area contributed by atoms with Gasteiger partial charge in [0.2, 0.25) is 0 Å². The maximum absolute atomic E-state index is 5.50. The number of aromatic nitrogens is 1. The molecule has 0 aliphatic carbocycles. The minimum atomic E-state index is 0.267. The van der Waals surface area contributed by atoms with Crippen molar-refractivity contribution in [3.8, 4) is 5.75 Å². The second-order valence-corrected chi connectivity index (χ2v) is 6.63. The van der Waals surface area contributed by atoms with Gasteiger partial charge in [0.1, 0.15) is 10.1 Å². The van der Waals surface area contributed by atoms with E-state index in [1.54, 1.807) is 30.2 Å². The van der Waals surface area contributed by atoms with Crippen molar-refractivity contribution < 1.29 is 4.74 Å². The number of rotatable bonds is 7. The average Bonchev–Trinajstić information content (AvgIpc) is 2.96. The van der Waals surface area contributed by atoms with Gasteiger partial charge in [-0.1, -0.05) is 36.4 Å². The second-order valence-electron chi connectivity index (χ2n) is 4.46. The number of thiazole rings is 1. The fourth-order valence-corrected chi connectivity index (χ4v) is 3.81. The van der Waals surface area contributed by atoms with E-state index in [-0.39, 0.29) is 6.04 Å². The van der Waals surface area contributed by atoms with Crippen molar-refractivity contribution in [2.75, 3.05) is 19.4 Å². The Bertz CT molecular complexity index is 529. The number of thioether (sulfide) groups is 1. The predicted octanol–water partition coefficient (Wildman–Crippen LogP) is 3.90. The molecule has 0 saturated carbocycles. The molecule has 1 heterocycles. The van der Waals surface area contributed by atoms with Crippen molar-refractivity contribution in [1.82, 2.24) is 10.3 Å². The molecule has 0 radical (unpaired) electrons. The summed E-state index contributed by atoms with van der Waals surface area (Å²) < 4.78 is 6.61. The molecule has 0 aliphatic rings. The molecule has 0 bridgehead atoms. The Hall–Kier alpha value is -1.04. The van der Waals surface area contributed by atoms with Crippen LogP contribution >= 0.6 is 23.1 Å². The van der Waals surface area contributed by atoms with Gasteiger partial charge in [0.15, 0.2) is 0 Å². The van der Waals surface area contributed by atoms with Gasteiger partial charge < -0.3 is 10.1 Å². The zero-order valence-corrected chi connectivity index (χ0v) is 13.7. The summed E-state index contributed by atoms with van der Waals surface area (Å²) in [5.74, 6) is 1.89. The van der Waals surface area contributed by atoms with Crippen LogP contribution in [-0.2, 0) is 0 Å². The molecule has 2 aromatic rings. The van der Waals surface area contributed by atoms with Crippen LogP contribution in [0.25, 0.3) is 0 Å². The molecule has 0 amide bonds. The van der Waals surface area contributed by atoms with Gasteiger partial charge in [-0.3, -0.25) is 0 Å². The van der Waals surface area contributed by atoms with Crippen LogP contribution in [0.15, 0.2) is 34.1 Å². The van der Waals surface area contributed by atoms with Crippen LogP contribution in [-0.4, -0.2) is 24.4 Å². The lowest BCUT2D eigenvalue weighted by Crippen LogP contribution is -2.23. The molecule has 20 heavy (non-hydrogen) atoms. The zero-order valence-electron chi connectivity index (χ0n) is 12.1. The highest BCUT2D eigenvalue weighted by atomic mass is 32.2. The van der Waals surface area contributed by atoms with Crippen LogP contribution in [0.2, 0.25) is 0 Å². The van der Waals surface area contributed by atoms with Gasteiger partial charge in [-0.15, -0.1) is 11.3 Å². The molecule has 5 heteroatoms. The molecule has 3 nitrogen and oxygen atoms in total. The maximum Gasteiger partial charge on any atom is 0.149 e. The van der Waals surface area contributed by atoms with E-state index in [0.717, 1.165) is 22.4 Å². The van der Waals surface area contributed by atoms with Gasteiger partial charge in [-0.25, -0.2) is 4.98 Å². The molecule has 108 valence electrons. The monoisotopic (exact) mass is 308 g/mol. The molecule has 1 unspecified atom stereocenters. The molecule has 1 atom stereocenters. The zero-order chi connectivity index (χ0) is 14.4. The first-order chi connectivity index (χ1) is 9.74. The minimum Gasteiger partial charge on any atom is -0.496 e. The van der Waals surface area contributed by atoms with E-state index < -0.39 is 0 Å². The molecular weight excluding hydrogens is 288 g/mol. The molecule has 1 aromatic heterocycles. The van der Waals surface area contributed by atoms with Gasteiger partial charge >= 0.3 is 0 Å². The first kappa shape index (κ1) is 15.4. The van der Waals surface area contributed by atoms with E-state index in [1.807, 2.05) is 17.6 Å². The summed E-state index contributed by atoms with van der Waals surface area (Å²) in [6, 6.07) is 6.60. The normalized spacial score (nSPS) is 12.3. The number of benzene rings is 1. The quantitative estimate of drug-likeness (QED) is 0.787. The van der Waals surface area contributed by atoms with E-state index in [1.165, 1.54) is 11.1 Å². The summed E-state index contributed by atoms with van der Waals surface area (Å²) in [5.41, 5.74) is 2.47. The Morgan fingerprint density at radius 1 is 1.45 bits per heavy atom. The van der Waals surface area contributed by atoms with Gasteiger partial charge in [0, 0.05) is 28.9 Å². The largest absolute Gasteiger partial charge is 0.496 e. The Kier molecular flexibility index (Phi) is 5.88. The van der Waals surface area contributed by atoms with Crippen molar-refractivity contribution >= 4 is 23.1 Å². The van der Waals surface area contributed by atoms with Crippen molar-refractivity contribution in [3.05, 3.63) is 40.9 Å². The molecule has 0 aliphatic heterocycles. The highest BCUT2D eigenvalue weighted by Gasteiger charge is 2.16. The van der Waals surface area contributed by atoms with Crippen molar-refractivity contribution in [2.24, 2.45) is 0 Å². The first-order valence-electron chi connectivity index (χ1n) is 6.64. The van der Waals surface area contributed by atoms with Crippen LogP contribution in [0, 0.1) is 6.92 Å². The molecule has 0 fully saturated rings. The average molecular weight is 308 g/mol. The highest BCUT2D eigenvalue weighted by molar-refractivity contribution is 8.01. The smallest absolute Gasteiger partial charge is 0.149 e. The topological polar surface area (TPSA) is 34.2 Å². The SMILES string of the molecule is CCNC(CSc1nccs1)c1cc(C)ccc1OC. The summed E-state index contributed by atoms with van der Waals surface area (Å²) in [6.07, 6.45) is 1.85. The lowest BCUT2D eigenvalue weighted by molar-refractivity contribution is 0.403. The summed E-state index contributed by atoms with van der Waals surface area (Å²) in [7, 11) is 1.73. The summed E-state index contributed by atoms with van der Waals surface area (Å²) in [5, 5.41) is 5.55. The predicted molar refractivity (Wildman–Crippen MR) is 87.0 cm³/mol. The van der Waals surface area contributed by atoms with E-state index in [9.17, 15) is 0 Å². The number of nitrogens with one attached hydrogen (secondary N) is 1. The Labute approximate surface area is 128 Å². The van der Waals surface area contributed by atoms with Crippen molar-refractivity contribution in [2.45, 2.75) is 24.2 Å². The number of ether oxygens (including phenoxy) is 1. The van der Waals surface area contributed by atoms with Crippen LogP contribution in [0.1, 0.15) is 24.1 Å². The van der Waals surface area contributed by atoms with E-state index in [4.69, 9.17) is 4.74 Å². The summed E-state index contributed by atoms with van der Waals surface area (Å²) in [6.45, 7) is 5.17. The van der Waals surface area contributed by atoms with E-state index in [2.05, 4.69) is 36.3 Å². The molecular formula is C15H20N2OS2. The maximum atomic E-state index is 5.50. The van der Waals surface area contributed by atoms with Gasteiger partial charge in [0.25, 0.3) is 0 Å². The van der Waals surface area contributed by atoms with E-state index in [0.29, 0.717) is 0 Å². The second kappa shape index (κ2) is 7.67. The molecule has 0 spiro atoms. The van der Waals surface area contributed by atoms with Crippen molar-refractivity contribution in [1.29, 1.82) is 0 Å². The third-order valence-electron chi connectivity index (χ3n) is 2.99. The van der Waals surface area contributed by atoms with Crippen LogP contribution in [0.4, 0.5) is 0 Å². The Morgan fingerprint density at radius 3 is 2.95 bits per heavy atom. The number of methoxy groups -OCH3 is 1. The molecule has 1 N–H and O–H groups in total. The van der Waals surface area contributed by atoms with Crippen LogP contribution in [0.3, 0.4) is 0 Å². The lowest BCUT2D eigenvalue weighted by Gasteiger charge is -2.20. The third-order valence-corrected chi connectivity index (χ3v) is 5.05. The van der Waals surface area contributed by atoms with Crippen LogP contribution < -0.4 is 10.1 Å². The number of hydrogen-bond donors (Lipinski definition) is 1. The van der Waals surface area contributed by atoms with Gasteiger partial charge in [-0.2, -0.15) is 0 Å². The summed E-state index contributed by atoms with van der Waals surface area (Å²) in [4.78, 5) is 4.32.